The van der Waals surface area contributed by atoms with E-state index < -0.39 is 11.9 Å². The first-order valence-corrected chi connectivity index (χ1v) is 14.5. The van der Waals surface area contributed by atoms with Crippen LogP contribution >= 0.6 is 0 Å². The summed E-state index contributed by atoms with van der Waals surface area (Å²) >= 11 is 0. The fourth-order valence-electron chi connectivity index (χ4n) is 5.50. The van der Waals surface area contributed by atoms with Gasteiger partial charge in [0.1, 0.15) is 18.1 Å². The zero-order valence-corrected chi connectivity index (χ0v) is 23.5. The van der Waals surface area contributed by atoms with E-state index >= 15 is 0 Å². The Morgan fingerprint density at radius 2 is 1.93 bits per heavy atom. The van der Waals surface area contributed by atoms with E-state index in [0.29, 0.717) is 68.2 Å². The van der Waals surface area contributed by atoms with Gasteiger partial charge in [-0.15, -0.1) is 0 Å². The molecule has 1 aromatic heterocycles. The van der Waals surface area contributed by atoms with E-state index in [1.54, 1.807) is 24.4 Å². The maximum atomic E-state index is 14.9. The molecule has 0 radical (unpaired) electrons. The van der Waals surface area contributed by atoms with Crippen LogP contribution < -0.4 is 14.8 Å². The summed E-state index contributed by atoms with van der Waals surface area (Å²) in [7, 11) is 1.54. The number of amides is 2. The number of aromatic nitrogens is 1. The van der Waals surface area contributed by atoms with E-state index in [1.165, 1.54) is 30.9 Å². The summed E-state index contributed by atoms with van der Waals surface area (Å²) in [5, 5.41) is 2.68. The van der Waals surface area contributed by atoms with Crippen LogP contribution in [0, 0.1) is 17.7 Å². The fraction of sp³-hybridized carbons (Fsp3) is 0.548. The number of fused-ring (bicyclic) bond motifs is 1. The predicted molar refractivity (Wildman–Crippen MR) is 148 cm³/mol. The van der Waals surface area contributed by atoms with Crippen LogP contribution in [0.4, 0.5) is 4.39 Å². The van der Waals surface area contributed by atoms with Gasteiger partial charge in [-0.3, -0.25) is 14.4 Å². The molecular weight excluding hydrogens is 529 g/mol. The van der Waals surface area contributed by atoms with E-state index in [4.69, 9.17) is 14.2 Å². The molecule has 2 fully saturated rings. The normalized spacial score (nSPS) is 20.2. The third-order valence-electron chi connectivity index (χ3n) is 8.07. The molecule has 0 spiro atoms. The lowest BCUT2D eigenvalue weighted by Gasteiger charge is -2.27. The summed E-state index contributed by atoms with van der Waals surface area (Å²) in [5.74, 6) is 1.06. The number of nitrogens with zero attached hydrogens (tertiary/aromatic N) is 2. The molecule has 1 unspecified atom stereocenters. The first kappa shape index (κ1) is 29.0. The lowest BCUT2D eigenvalue weighted by atomic mass is 9.82. The minimum Gasteiger partial charge on any atom is -0.481 e. The van der Waals surface area contributed by atoms with E-state index in [-0.39, 0.29) is 36.6 Å². The lowest BCUT2D eigenvalue weighted by Crippen LogP contribution is -2.38. The summed E-state index contributed by atoms with van der Waals surface area (Å²) in [5.41, 5.74) is 1.35. The lowest BCUT2D eigenvalue weighted by molar-refractivity contribution is -0.129. The monoisotopic (exact) mass is 567 g/mol. The number of rotatable bonds is 14. The third kappa shape index (κ3) is 7.81. The number of aryl methyl sites for hydroxylation is 1. The Kier molecular flexibility index (Phi) is 9.49. The molecular formula is C31H38FN3O6. The van der Waals surface area contributed by atoms with Gasteiger partial charge >= 0.3 is 0 Å². The first-order chi connectivity index (χ1) is 19.9. The number of hydrogen-bond donors (Lipinski definition) is 1. The second-order valence-corrected chi connectivity index (χ2v) is 11.3. The van der Waals surface area contributed by atoms with Crippen molar-refractivity contribution in [3.63, 3.8) is 0 Å². The Morgan fingerprint density at radius 3 is 2.66 bits per heavy atom. The summed E-state index contributed by atoms with van der Waals surface area (Å²) < 4.78 is 31.4. The molecule has 5 rings (SSSR count). The van der Waals surface area contributed by atoms with Gasteiger partial charge in [0, 0.05) is 37.3 Å². The Labute approximate surface area is 239 Å². The summed E-state index contributed by atoms with van der Waals surface area (Å²) in [6, 6.07) is 6.76. The van der Waals surface area contributed by atoms with Gasteiger partial charge in [-0.25, -0.2) is 9.37 Å². The molecule has 2 aliphatic carbocycles. The van der Waals surface area contributed by atoms with Crippen molar-refractivity contribution in [1.82, 2.24) is 15.2 Å². The minimum atomic E-state index is -0.498. The van der Waals surface area contributed by atoms with Gasteiger partial charge in [-0.05, 0) is 67.7 Å². The molecule has 10 heteroatoms. The van der Waals surface area contributed by atoms with Crippen LogP contribution in [0.25, 0.3) is 0 Å². The van der Waals surface area contributed by atoms with E-state index in [9.17, 15) is 18.8 Å². The number of pyridine rings is 1. The highest BCUT2D eigenvalue weighted by atomic mass is 19.1. The first-order valence-electron chi connectivity index (χ1n) is 14.5. The van der Waals surface area contributed by atoms with Gasteiger partial charge in [-0.2, -0.15) is 0 Å². The molecule has 1 aromatic carbocycles. The zero-order chi connectivity index (χ0) is 28.8. The van der Waals surface area contributed by atoms with Gasteiger partial charge < -0.3 is 24.4 Å². The largest absolute Gasteiger partial charge is 0.481 e. The smallest absolute Gasteiger partial charge is 0.255 e. The number of halogens is 1. The quantitative estimate of drug-likeness (QED) is 0.346. The highest BCUT2D eigenvalue weighted by Crippen LogP contribution is 2.33. The van der Waals surface area contributed by atoms with Crippen LogP contribution in [-0.2, 0) is 27.3 Å². The second-order valence-electron chi connectivity index (χ2n) is 11.3. The van der Waals surface area contributed by atoms with Crippen LogP contribution in [0.5, 0.6) is 11.6 Å². The van der Waals surface area contributed by atoms with Crippen LogP contribution in [-0.4, -0.2) is 67.0 Å². The predicted octanol–water partition coefficient (Wildman–Crippen LogP) is 3.87. The molecule has 3 aliphatic rings. The number of benzene rings is 1. The molecule has 1 aliphatic heterocycles. The summed E-state index contributed by atoms with van der Waals surface area (Å²) in [6.45, 7) is 1.33. The van der Waals surface area contributed by atoms with Crippen LogP contribution in [0.3, 0.4) is 0 Å². The van der Waals surface area contributed by atoms with Crippen molar-refractivity contribution in [1.29, 1.82) is 0 Å². The van der Waals surface area contributed by atoms with Crippen LogP contribution in [0.2, 0.25) is 0 Å². The van der Waals surface area contributed by atoms with E-state index in [1.807, 2.05) is 0 Å². The Morgan fingerprint density at radius 1 is 1.10 bits per heavy atom. The Hall–Kier alpha value is -3.53. The average Bonchev–Trinajstić information content (AvgIpc) is 3.73. The average molecular weight is 568 g/mol. The molecule has 9 nitrogen and oxygen atoms in total. The van der Waals surface area contributed by atoms with Crippen molar-refractivity contribution >= 4 is 17.6 Å². The molecule has 220 valence electrons. The van der Waals surface area contributed by atoms with Gasteiger partial charge in [0.2, 0.25) is 11.8 Å². The highest BCUT2D eigenvalue weighted by molar-refractivity contribution is 6.00. The fourth-order valence-corrected chi connectivity index (χ4v) is 5.50. The number of nitrogens with one attached hydrogen (secondary N) is 1. The van der Waals surface area contributed by atoms with Gasteiger partial charge in [0.25, 0.3) is 5.91 Å². The topological polar surface area (TPSA) is 107 Å². The number of ketones is 1. The highest BCUT2D eigenvalue weighted by Gasteiger charge is 2.33. The molecule has 0 bridgehead atoms. The molecule has 0 saturated heterocycles. The van der Waals surface area contributed by atoms with Crippen molar-refractivity contribution in [2.75, 3.05) is 33.4 Å². The Balaban J connectivity index is 1.07. The maximum Gasteiger partial charge on any atom is 0.255 e. The van der Waals surface area contributed by atoms with E-state index in [0.717, 1.165) is 24.3 Å². The maximum absolute atomic E-state index is 14.9. The summed E-state index contributed by atoms with van der Waals surface area (Å²) in [6.07, 6.45) is 7.87. The zero-order valence-electron chi connectivity index (χ0n) is 23.5. The summed E-state index contributed by atoms with van der Waals surface area (Å²) in [4.78, 5) is 43.5. The molecule has 2 aromatic rings. The number of ether oxygens (including phenoxy) is 3. The number of methoxy groups -OCH3 is 1. The van der Waals surface area contributed by atoms with Crippen LogP contribution in [0.15, 0.2) is 30.5 Å². The van der Waals surface area contributed by atoms with Gasteiger partial charge in [0.15, 0.2) is 11.9 Å². The number of hydrogen-bond acceptors (Lipinski definition) is 7. The molecule has 41 heavy (non-hydrogen) atoms. The van der Waals surface area contributed by atoms with Crippen molar-refractivity contribution in [3.8, 4) is 11.6 Å². The van der Waals surface area contributed by atoms with Crippen molar-refractivity contribution in [2.24, 2.45) is 11.8 Å². The van der Waals surface area contributed by atoms with Crippen molar-refractivity contribution in [2.45, 2.75) is 64.0 Å². The Bertz CT molecular complexity index is 1250. The minimum absolute atomic E-state index is 0.0562. The standard InChI is InChI=1S/C31H38FN3O6/c1-39-13-11-33-29(37)19-35-18-25-24(31(35)38)14-22(15-26(25)32)5-4-21-6-8-28(27(36)16-21)41-23-7-9-30(34-17-23)40-12-10-20-2-3-20/h7,9,14-15,17,20-21,28H,2-6,8,10-13,16,18-19H2,1H3,(H,33,37)/t21?,28-/m1/s1. The second kappa shape index (κ2) is 13.4. The van der Waals surface area contributed by atoms with Crippen molar-refractivity contribution < 1.29 is 33.0 Å². The number of Topliss-reactive ketones (excluding diaryl/α,β-unsaturated/α-hetero) is 1. The molecule has 2 atom stereocenters. The molecule has 2 amide bonds. The third-order valence-corrected chi connectivity index (χ3v) is 8.07. The van der Waals surface area contributed by atoms with Crippen LogP contribution in [0.1, 0.15) is 66.4 Å². The number of carbonyl (C=O) groups excluding carboxylic acids is 3. The number of carbonyl (C=O) groups is 3. The van der Waals surface area contributed by atoms with Gasteiger partial charge in [0.05, 0.1) is 26.0 Å². The SMILES string of the molecule is COCCNC(=O)CN1Cc2c(F)cc(CCC3CC[C@@H](Oc4ccc(OCCC5CC5)nc4)C(=O)C3)cc2C1=O. The molecule has 2 saturated carbocycles. The molecule has 2 heterocycles. The van der Waals surface area contributed by atoms with E-state index in [2.05, 4.69) is 10.3 Å². The van der Waals surface area contributed by atoms with Gasteiger partial charge in [-0.1, -0.05) is 12.8 Å². The van der Waals surface area contributed by atoms with Crippen molar-refractivity contribution in [3.05, 3.63) is 53.0 Å². The molecule has 1 N–H and O–H groups in total.